The molecular formula is C13H19NO3. The number of carboxylic acids is 1. The van der Waals surface area contributed by atoms with Gasteiger partial charge in [0.2, 0.25) is 0 Å². The number of hydrogen-bond donors (Lipinski definition) is 3. The molecule has 0 saturated heterocycles. The number of benzene rings is 1. The molecule has 0 bridgehead atoms. The molecule has 0 fully saturated rings. The standard InChI is InChI=1S/C13H19NO3/c1-10(15)12(13(16)17)14-9-5-8-11-6-3-2-4-7-11/h2-4,6-7,10,12,14-15H,5,8-9H2,1H3,(H,16,17). The zero-order chi connectivity index (χ0) is 12.7. The van der Waals surface area contributed by atoms with Crippen molar-refractivity contribution in [1.82, 2.24) is 5.32 Å². The summed E-state index contributed by atoms with van der Waals surface area (Å²) in [5.74, 6) is -1.01. The van der Waals surface area contributed by atoms with Crippen molar-refractivity contribution in [3.05, 3.63) is 35.9 Å². The molecule has 0 radical (unpaired) electrons. The third kappa shape index (κ3) is 4.97. The minimum atomic E-state index is -1.01. The summed E-state index contributed by atoms with van der Waals surface area (Å²) in [6.45, 7) is 2.06. The lowest BCUT2D eigenvalue weighted by Crippen LogP contribution is -2.45. The molecule has 4 nitrogen and oxygen atoms in total. The molecule has 1 aromatic carbocycles. The summed E-state index contributed by atoms with van der Waals surface area (Å²) in [5.41, 5.74) is 1.23. The van der Waals surface area contributed by atoms with Gasteiger partial charge in [0.05, 0.1) is 6.10 Å². The first kappa shape index (κ1) is 13.7. The van der Waals surface area contributed by atoms with Crippen LogP contribution in [0.5, 0.6) is 0 Å². The van der Waals surface area contributed by atoms with Crippen LogP contribution in [0.25, 0.3) is 0 Å². The van der Waals surface area contributed by atoms with E-state index in [1.807, 2.05) is 30.3 Å². The molecule has 2 unspecified atom stereocenters. The molecule has 0 amide bonds. The number of carbonyl (C=O) groups is 1. The van der Waals surface area contributed by atoms with Gasteiger partial charge in [0.25, 0.3) is 0 Å². The van der Waals surface area contributed by atoms with E-state index in [4.69, 9.17) is 5.11 Å². The molecule has 17 heavy (non-hydrogen) atoms. The van der Waals surface area contributed by atoms with Gasteiger partial charge in [-0.1, -0.05) is 30.3 Å². The summed E-state index contributed by atoms with van der Waals surface area (Å²) in [5, 5.41) is 20.9. The van der Waals surface area contributed by atoms with Crippen molar-refractivity contribution < 1.29 is 15.0 Å². The number of carboxylic acid groups (broad SMARTS) is 1. The molecular weight excluding hydrogens is 218 g/mol. The van der Waals surface area contributed by atoms with Gasteiger partial charge in [-0.2, -0.15) is 0 Å². The molecule has 94 valence electrons. The molecule has 1 aromatic rings. The fourth-order valence-corrected chi connectivity index (χ4v) is 1.66. The van der Waals surface area contributed by atoms with Crippen molar-refractivity contribution in [2.24, 2.45) is 0 Å². The highest BCUT2D eigenvalue weighted by Gasteiger charge is 2.21. The number of nitrogens with one attached hydrogen (secondary N) is 1. The predicted octanol–water partition coefficient (Wildman–Crippen LogP) is 1.04. The topological polar surface area (TPSA) is 69.6 Å². The summed E-state index contributed by atoms with van der Waals surface area (Å²) in [7, 11) is 0. The minimum absolute atomic E-state index is 0.580. The number of hydrogen-bond acceptors (Lipinski definition) is 3. The maximum atomic E-state index is 10.8. The van der Waals surface area contributed by atoms with Crippen LogP contribution in [0.4, 0.5) is 0 Å². The van der Waals surface area contributed by atoms with Crippen LogP contribution in [-0.2, 0) is 11.2 Å². The zero-order valence-corrected chi connectivity index (χ0v) is 9.97. The Balaban J connectivity index is 2.26. The van der Waals surface area contributed by atoms with E-state index in [1.165, 1.54) is 12.5 Å². The molecule has 2 atom stereocenters. The molecule has 0 aliphatic carbocycles. The summed E-state index contributed by atoms with van der Waals surface area (Å²) in [4.78, 5) is 10.8. The van der Waals surface area contributed by atoms with Gasteiger partial charge < -0.3 is 15.5 Å². The van der Waals surface area contributed by atoms with Crippen molar-refractivity contribution in [2.75, 3.05) is 6.54 Å². The third-order valence-electron chi connectivity index (χ3n) is 2.60. The van der Waals surface area contributed by atoms with Crippen molar-refractivity contribution in [3.63, 3.8) is 0 Å². The minimum Gasteiger partial charge on any atom is -0.480 e. The van der Waals surface area contributed by atoms with Gasteiger partial charge in [0, 0.05) is 0 Å². The van der Waals surface area contributed by atoms with Crippen LogP contribution in [0.1, 0.15) is 18.9 Å². The van der Waals surface area contributed by atoms with Gasteiger partial charge in [-0.15, -0.1) is 0 Å². The average Bonchev–Trinajstić information content (AvgIpc) is 2.29. The predicted molar refractivity (Wildman–Crippen MR) is 65.9 cm³/mol. The van der Waals surface area contributed by atoms with E-state index in [-0.39, 0.29) is 0 Å². The van der Waals surface area contributed by atoms with Crippen molar-refractivity contribution >= 4 is 5.97 Å². The Labute approximate surface area is 101 Å². The van der Waals surface area contributed by atoms with E-state index in [9.17, 15) is 9.90 Å². The molecule has 0 aliphatic heterocycles. The average molecular weight is 237 g/mol. The molecule has 0 spiro atoms. The van der Waals surface area contributed by atoms with Gasteiger partial charge in [-0.05, 0) is 31.9 Å². The highest BCUT2D eigenvalue weighted by Crippen LogP contribution is 2.02. The van der Waals surface area contributed by atoms with E-state index in [0.717, 1.165) is 12.8 Å². The number of aliphatic hydroxyl groups excluding tert-OH is 1. The zero-order valence-electron chi connectivity index (χ0n) is 9.97. The van der Waals surface area contributed by atoms with E-state index >= 15 is 0 Å². The first-order chi connectivity index (χ1) is 8.11. The Kier molecular flexibility index (Phi) is 5.66. The summed E-state index contributed by atoms with van der Waals surface area (Å²) in [6, 6.07) is 9.14. The maximum Gasteiger partial charge on any atom is 0.323 e. The van der Waals surface area contributed by atoms with Crippen LogP contribution >= 0.6 is 0 Å². The Morgan fingerprint density at radius 3 is 2.53 bits per heavy atom. The molecule has 1 rings (SSSR count). The normalized spacial score (nSPS) is 14.2. The second-order valence-electron chi connectivity index (χ2n) is 4.10. The monoisotopic (exact) mass is 237 g/mol. The van der Waals surface area contributed by atoms with Crippen LogP contribution in [0, 0.1) is 0 Å². The van der Waals surface area contributed by atoms with Crippen molar-refractivity contribution in [2.45, 2.75) is 31.9 Å². The van der Waals surface area contributed by atoms with E-state index in [2.05, 4.69) is 5.32 Å². The Morgan fingerprint density at radius 1 is 1.35 bits per heavy atom. The first-order valence-corrected chi connectivity index (χ1v) is 5.79. The van der Waals surface area contributed by atoms with Crippen LogP contribution in [0.3, 0.4) is 0 Å². The van der Waals surface area contributed by atoms with E-state index < -0.39 is 18.1 Å². The SMILES string of the molecule is CC(O)C(NCCCc1ccccc1)C(=O)O. The number of rotatable bonds is 7. The quantitative estimate of drug-likeness (QED) is 0.620. The lowest BCUT2D eigenvalue weighted by Gasteiger charge is -2.16. The Bertz CT molecular complexity index is 338. The maximum absolute atomic E-state index is 10.8. The van der Waals surface area contributed by atoms with Gasteiger partial charge in [-0.3, -0.25) is 4.79 Å². The molecule has 0 saturated carbocycles. The van der Waals surface area contributed by atoms with E-state index in [0.29, 0.717) is 6.54 Å². The second kappa shape index (κ2) is 7.04. The molecule has 0 aliphatic rings. The second-order valence-corrected chi connectivity index (χ2v) is 4.10. The molecule has 0 aromatic heterocycles. The van der Waals surface area contributed by atoms with Crippen LogP contribution in [0.2, 0.25) is 0 Å². The number of aliphatic carboxylic acids is 1. The fraction of sp³-hybridized carbons (Fsp3) is 0.462. The van der Waals surface area contributed by atoms with E-state index in [1.54, 1.807) is 0 Å². The largest absolute Gasteiger partial charge is 0.480 e. The molecule has 4 heteroatoms. The van der Waals surface area contributed by atoms with Crippen LogP contribution in [0.15, 0.2) is 30.3 Å². The Morgan fingerprint density at radius 2 is 2.00 bits per heavy atom. The third-order valence-corrected chi connectivity index (χ3v) is 2.60. The van der Waals surface area contributed by atoms with Crippen LogP contribution < -0.4 is 5.32 Å². The number of aliphatic hydroxyl groups is 1. The number of aryl methyl sites for hydroxylation is 1. The lowest BCUT2D eigenvalue weighted by molar-refractivity contribution is -0.142. The van der Waals surface area contributed by atoms with Crippen LogP contribution in [-0.4, -0.2) is 34.9 Å². The molecule has 0 heterocycles. The van der Waals surface area contributed by atoms with Crippen molar-refractivity contribution in [1.29, 1.82) is 0 Å². The fourth-order valence-electron chi connectivity index (χ4n) is 1.66. The lowest BCUT2D eigenvalue weighted by atomic mass is 10.1. The highest BCUT2D eigenvalue weighted by molar-refractivity contribution is 5.74. The summed E-state index contributed by atoms with van der Waals surface area (Å²) in [6.07, 6.45) is 0.866. The van der Waals surface area contributed by atoms with Gasteiger partial charge in [0.1, 0.15) is 6.04 Å². The molecule has 3 N–H and O–H groups in total. The van der Waals surface area contributed by atoms with Gasteiger partial charge >= 0.3 is 5.97 Å². The Hall–Kier alpha value is -1.39. The highest BCUT2D eigenvalue weighted by atomic mass is 16.4. The summed E-state index contributed by atoms with van der Waals surface area (Å²) >= 11 is 0. The summed E-state index contributed by atoms with van der Waals surface area (Å²) < 4.78 is 0. The van der Waals surface area contributed by atoms with Gasteiger partial charge in [-0.25, -0.2) is 0 Å². The first-order valence-electron chi connectivity index (χ1n) is 5.79. The van der Waals surface area contributed by atoms with Crippen molar-refractivity contribution in [3.8, 4) is 0 Å². The van der Waals surface area contributed by atoms with Gasteiger partial charge in [0.15, 0.2) is 0 Å². The smallest absolute Gasteiger partial charge is 0.323 e.